The lowest BCUT2D eigenvalue weighted by Crippen LogP contribution is -2.41. The predicted octanol–water partition coefficient (Wildman–Crippen LogP) is 3.54. The summed E-state index contributed by atoms with van der Waals surface area (Å²) in [6, 6.07) is 4.19. The standard InChI is InChI=1S/C19H27N5OS/c1-4-24-17(14-9-11-20-12-10-14)22-23-19(24)26-16(13(2)3)18(25)21-15-7-5-6-8-15/h9-13,15-16H,4-8H2,1-3H3,(H,21,25). The number of thioether (sulfide) groups is 1. The minimum Gasteiger partial charge on any atom is -0.352 e. The van der Waals surface area contributed by atoms with Crippen LogP contribution >= 0.6 is 11.8 Å². The van der Waals surface area contributed by atoms with Crippen molar-refractivity contribution < 1.29 is 4.79 Å². The Labute approximate surface area is 159 Å². The summed E-state index contributed by atoms with van der Waals surface area (Å²) >= 11 is 1.52. The van der Waals surface area contributed by atoms with Crippen molar-refractivity contribution in [3.8, 4) is 11.4 Å². The van der Waals surface area contributed by atoms with Gasteiger partial charge in [0, 0.05) is 30.5 Å². The lowest BCUT2D eigenvalue weighted by atomic mass is 10.1. The van der Waals surface area contributed by atoms with Crippen molar-refractivity contribution in [3.63, 3.8) is 0 Å². The van der Waals surface area contributed by atoms with Crippen LogP contribution in [0.2, 0.25) is 0 Å². The normalized spacial score (nSPS) is 16.2. The predicted molar refractivity (Wildman–Crippen MR) is 104 cm³/mol. The third-order valence-electron chi connectivity index (χ3n) is 4.77. The molecule has 2 aromatic rings. The molecule has 3 rings (SSSR count). The molecule has 0 aliphatic heterocycles. The summed E-state index contributed by atoms with van der Waals surface area (Å²) in [5.74, 6) is 1.15. The van der Waals surface area contributed by atoms with Gasteiger partial charge in [0.1, 0.15) is 0 Å². The summed E-state index contributed by atoms with van der Waals surface area (Å²) in [6.45, 7) is 6.99. The van der Waals surface area contributed by atoms with Gasteiger partial charge in [-0.05, 0) is 37.8 Å². The Morgan fingerprint density at radius 1 is 1.27 bits per heavy atom. The number of rotatable bonds is 7. The number of nitrogens with one attached hydrogen (secondary N) is 1. The largest absolute Gasteiger partial charge is 0.352 e. The Hall–Kier alpha value is -1.89. The number of carbonyl (C=O) groups is 1. The van der Waals surface area contributed by atoms with E-state index < -0.39 is 0 Å². The summed E-state index contributed by atoms with van der Waals surface area (Å²) in [5, 5.41) is 12.6. The van der Waals surface area contributed by atoms with Crippen LogP contribution in [-0.4, -0.2) is 36.9 Å². The van der Waals surface area contributed by atoms with Crippen molar-refractivity contribution in [2.45, 2.75) is 69.4 Å². The van der Waals surface area contributed by atoms with E-state index in [1.165, 1.54) is 24.6 Å². The van der Waals surface area contributed by atoms with Gasteiger partial charge < -0.3 is 9.88 Å². The first kappa shape index (κ1) is 18.9. The maximum atomic E-state index is 12.8. The van der Waals surface area contributed by atoms with Crippen LogP contribution in [0.25, 0.3) is 11.4 Å². The van der Waals surface area contributed by atoms with Gasteiger partial charge in [0.2, 0.25) is 5.91 Å². The molecule has 0 saturated heterocycles. The average molecular weight is 374 g/mol. The fourth-order valence-corrected chi connectivity index (χ4v) is 4.44. The Bertz CT molecular complexity index is 725. The van der Waals surface area contributed by atoms with Crippen LogP contribution in [0.3, 0.4) is 0 Å². The second-order valence-electron chi connectivity index (χ2n) is 7.06. The van der Waals surface area contributed by atoms with Crippen LogP contribution in [0.5, 0.6) is 0 Å². The summed E-state index contributed by atoms with van der Waals surface area (Å²) in [6.07, 6.45) is 8.12. The summed E-state index contributed by atoms with van der Waals surface area (Å²) in [7, 11) is 0. The summed E-state index contributed by atoms with van der Waals surface area (Å²) in [4.78, 5) is 16.9. The van der Waals surface area contributed by atoms with Gasteiger partial charge in [0.05, 0.1) is 5.25 Å². The van der Waals surface area contributed by atoms with E-state index in [4.69, 9.17) is 0 Å². The van der Waals surface area contributed by atoms with Crippen molar-refractivity contribution >= 4 is 17.7 Å². The minimum atomic E-state index is -0.171. The quantitative estimate of drug-likeness (QED) is 0.752. The highest BCUT2D eigenvalue weighted by atomic mass is 32.2. The van der Waals surface area contributed by atoms with Crippen LogP contribution in [0.1, 0.15) is 46.5 Å². The molecule has 0 spiro atoms. The molecule has 1 amide bonds. The fraction of sp³-hybridized carbons (Fsp3) is 0.579. The minimum absolute atomic E-state index is 0.119. The van der Waals surface area contributed by atoms with Gasteiger partial charge >= 0.3 is 0 Å². The molecule has 1 fully saturated rings. The monoisotopic (exact) mass is 373 g/mol. The maximum absolute atomic E-state index is 12.8. The number of hydrogen-bond acceptors (Lipinski definition) is 5. The van der Waals surface area contributed by atoms with Gasteiger partial charge in [0.15, 0.2) is 11.0 Å². The molecule has 1 unspecified atom stereocenters. The van der Waals surface area contributed by atoms with Crippen LogP contribution in [-0.2, 0) is 11.3 Å². The molecule has 0 aromatic carbocycles. The molecule has 7 heteroatoms. The Morgan fingerprint density at radius 2 is 1.96 bits per heavy atom. The lowest BCUT2D eigenvalue weighted by molar-refractivity contribution is -0.121. The first-order valence-electron chi connectivity index (χ1n) is 9.40. The van der Waals surface area contributed by atoms with Gasteiger partial charge in [-0.2, -0.15) is 0 Å². The van der Waals surface area contributed by atoms with Crippen molar-refractivity contribution in [1.29, 1.82) is 0 Å². The van der Waals surface area contributed by atoms with Crippen LogP contribution < -0.4 is 5.32 Å². The van der Waals surface area contributed by atoms with Crippen molar-refractivity contribution in [2.75, 3.05) is 0 Å². The molecule has 1 aliphatic carbocycles. The topological polar surface area (TPSA) is 72.7 Å². The smallest absolute Gasteiger partial charge is 0.234 e. The number of pyridine rings is 1. The molecule has 1 N–H and O–H groups in total. The molecule has 140 valence electrons. The zero-order chi connectivity index (χ0) is 18.5. The Balaban J connectivity index is 1.78. The maximum Gasteiger partial charge on any atom is 0.234 e. The molecular weight excluding hydrogens is 346 g/mol. The van der Waals surface area contributed by atoms with Gasteiger partial charge in [-0.1, -0.05) is 38.5 Å². The molecule has 0 bridgehead atoms. The first-order valence-corrected chi connectivity index (χ1v) is 10.3. The highest BCUT2D eigenvalue weighted by Crippen LogP contribution is 2.30. The molecular formula is C19H27N5OS. The molecule has 0 radical (unpaired) electrons. The van der Waals surface area contributed by atoms with E-state index in [9.17, 15) is 4.79 Å². The third kappa shape index (κ3) is 4.26. The Kier molecular flexibility index (Phi) is 6.29. The van der Waals surface area contributed by atoms with Gasteiger partial charge in [-0.3, -0.25) is 9.78 Å². The molecule has 2 aromatic heterocycles. The average Bonchev–Trinajstić information content (AvgIpc) is 3.29. The van der Waals surface area contributed by atoms with Crippen molar-refractivity contribution in [3.05, 3.63) is 24.5 Å². The van der Waals surface area contributed by atoms with Gasteiger partial charge in [-0.15, -0.1) is 10.2 Å². The van der Waals surface area contributed by atoms with E-state index in [1.807, 2.05) is 12.1 Å². The van der Waals surface area contributed by atoms with Gasteiger partial charge in [0.25, 0.3) is 0 Å². The second kappa shape index (κ2) is 8.66. The van der Waals surface area contributed by atoms with E-state index >= 15 is 0 Å². The fourth-order valence-electron chi connectivity index (χ4n) is 3.33. The molecule has 2 heterocycles. The van der Waals surface area contributed by atoms with Crippen LogP contribution in [0.4, 0.5) is 0 Å². The second-order valence-corrected chi connectivity index (χ2v) is 8.17. The number of nitrogens with zero attached hydrogens (tertiary/aromatic N) is 4. The SMILES string of the molecule is CCn1c(SC(C(=O)NC2CCCC2)C(C)C)nnc1-c1ccncc1. The Morgan fingerprint density at radius 3 is 2.58 bits per heavy atom. The lowest BCUT2D eigenvalue weighted by Gasteiger charge is -2.22. The first-order chi connectivity index (χ1) is 12.6. The number of carbonyl (C=O) groups excluding carboxylic acids is 1. The van der Waals surface area contributed by atoms with E-state index in [0.29, 0.717) is 6.04 Å². The molecule has 1 saturated carbocycles. The number of amides is 1. The molecule has 26 heavy (non-hydrogen) atoms. The zero-order valence-electron chi connectivity index (χ0n) is 15.7. The van der Waals surface area contributed by atoms with E-state index in [1.54, 1.807) is 12.4 Å². The van der Waals surface area contributed by atoms with E-state index in [0.717, 1.165) is 35.9 Å². The van der Waals surface area contributed by atoms with Crippen molar-refractivity contribution in [1.82, 2.24) is 25.1 Å². The van der Waals surface area contributed by atoms with Gasteiger partial charge in [-0.25, -0.2) is 0 Å². The molecule has 1 aliphatic rings. The van der Waals surface area contributed by atoms with Crippen molar-refractivity contribution in [2.24, 2.45) is 5.92 Å². The summed E-state index contributed by atoms with van der Waals surface area (Å²) in [5.41, 5.74) is 0.984. The highest BCUT2D eigenvalue weighted by molar-refractivity contribution is 8.00. The molecule has 6 nitrogen and oxygen atoms in total. The number of aromatic nitrogens is 4. The number of hydrogen-bond donors (Lipinski definition) is 1. The zero-order valence-corrected chi connectivity index (χ0v) is 16.5. The van der Waals surface area contributed by atoms with E-state index in [2.05, 4.69) is 45.8 Å². The van der Waals surface area contributed by atoms with Crippen LogP contribution in [0.15, 0.2) is 29.7 Å². The highest BCUT2D eigenvalue weighted by Gasteiger charge is 2.29. The summed E-state index contributed by atoms with van der Waals surface area (Å²) < 4.78 is 2.07. The third-order valence-corrected chi connectivity index (χ3v) is 6.29. The molecule has 1 atom stereocenters. The van der Waals surface area contributed by atoms with Crippen LogP contribution in [0, 0.1) is 5.92 Å². The van der Waals surface area contributed by atoms with E-state index in [-0.39, 0.29) is 17.1 Å².